The fourth-order valence-corrected chi connectivity index (χ4v) is 2.18. The molecule has 0 amide bonds. The largest absolute Gasteiger partial charge is 0.496 e. The highest BCUT2D eigenvalue weighted by Gasteiger charge is 2.05. The summed E-state index contributed by atoms with van der Waals surface area (Å²) in [4.78, 5) is 8.31. The topological polar surface area (TPSA) is 61.0 Å². The van der Waals surface area contributed by atoms with Crippen molar-refractivity contribution in [3.63, 3.8) is 0 Å². The minimum absolute atomic E-state index is 0.701. The minimum Gasteiger partial charge on any atom is -0.496 e. The van der Waals surface area contributed by atoms with Crippen LogP contribution in [0.4, 0.5) is 5.69 Å². The second-order valence-corrected chi connectivity index (χ2v) is 4.33. The van der Waals surface area contributed by atoms with E-state index in [1.54, 1.807) is 37.3 Å². The summed E-state index contributed by atoms with van der Waals surface area (Å²) in [5, 5.41) is 0.756. The maximum atomic E-state index is 5.70. The molecule has 2 N–H and O–H groups in total. The normalized spacial score (nSPS) is 10.2. The lowest BCUT2D eigenvalue weighted by Gasteiger charge is -2.08. The van der Waals surface area contributed by atoms with E-state index in [0.29, 0.717) is 5.69 Å². The van der Waals surface area contributed by atoms with Crippen LogP contribution in [0.25, 0.3) is 0 Å². The molecule has 0 saturated carbocycles. The quantitative estimate of drug-likeness (QED) is 0.510. The van der Waals surface area contributed by atoms with Gasteiger partial charge in [-0.2, -0.15) is 0 Å². The Balaban J connectivity index is 2.09. The zero-order valence-electron chi connectivity index (χ0n) is 9.46. The van der Waals surface area contributed by atoms with Gasteiger partial charge in [0, 0.05) is 35.5 Å². The summed E-state index contributed by atoms with van der Waals surface area (Å²) in [6, 6.07) is 7.45. The fraction of sp³-hybridized carbons (Fsp3) is 0.167. The second-order valence-electron chi connectivity index (χ2n) is 3.39. The van der Waals surface area contributed by atoms with Crippen molar-refractivity contribution in [3.05, 3.63) is 42.2 Å². The van der Waals surface area contributed by atoms with E-state index in [0.717, 1.165) is 22.2 Å². The summed E-state index contributed by atoms with van der Waals surface area (Å²) in [5.74, 6) is 1.56. The highest BCUT2D eigenvalue weighted by Crippen LogP contribution is 2.27. The number of methoxy groups -OCH3 is 1. The van der Waals surface area contributed by atoms with E-state index in [2.05, 4.69) is 9.97 Å². The molecule has 2 aromatic rings. The van der Waals surface area contributed by atoms with Crippen molar-refractivity contribution in [2.75, 3.05) is 12.8 Å². The molecule has 0 saturated heterocycles. The molecular weight excluding hydrogens is 234 g/mol. The first-order valence-electron chi connectivity index (χ1n) is 5.12. The molecule has 0 aliphatic heterocycles. The Morgan fingerprint density at radius 3 is 2.76 bits per heavy atom. The zero-order valence-corrected chi connectivity index (χ0v) is 10.3. The average molecular weight is 247 g/mol. The SMILES string of the molecule is COc1cc(N)ccc1CSc1ncccn1. The molecule has 0 aliphatic carbocycles. The van der Waals surface area contributed by atoms with Crippen LogP contribution in [-0.2, 0) is 5.75 Å². The van der Waals surface area contributed by atoms with Crippen molar-refractivity contribution in [3.8, 4) is 5.75 Å². The van der Waals surface area contributed by atoms with Gasteiger partial charge in [-0.25, -0.2) is 9.97 Å². The van der Waals surface area contributed by atoms with Crippen LogP contribution in [0, 0.1) is 0 Å². The van der Waals surface area contributed by atoms with Gasteiger partial charge in [-0.1, -0.05) is 17.8 Å². The van der Waals surface area contributed by atoms with E-state index in [-0.39, 0.29) is 0 Å². The first-order valence-corrected chi connectivity index (χ1v) is 6.10. The Hall–Kier alpha value is -1.75. The summed E-state index contributed by atoms with van der Waals surface area (Å²) < 4.78 is 5.28. The van der Waals surface area contributed by atoms with E-state index in [1.807, 2.05) is 18.2 Å². The Labute approximate surface area is 104 Å². The van der Waals surface area contributed by atoms with Gasteiger partial charge in [-0.05, 0) is 12.1 Å². The molecule has 5 heteroatoms. The third-order valence-electron chi connectivity index (χ3n) is 2.21. The third kappa shape index (κ3) is 3.10. The van der Waals surface area contributed by atoms with Crippen molar-refractivity contribution in [2.24, 2.45) is 0 Å². The maximum absolute atomic E-state index is 5.70. The molecule has 0 unspecified atom stereocenters. The number of anilines is 1. The van der Waals surface area contributed by atoms with Gasteiger partial charge in [0.15, 0.2) is 5.16 Å². The van der Waals surface area contributed by atoms with Gasteiger partial charge < -0.3 is 10.5 Å². The molecule has 4 nitrogen and oxygen atoms in total. The Bertz CT molecular complexity index is 490. The van der Waals surface area contributed by atoms with Gasteiger partial charge in [0.25, 0.3) is 0 Å². The predicted molar refractivity (Wildman–Crippen MR) is 69.0 cm³/mol. The van der Waals surface area contributed by atoms with Crippen molar-refractivity contribution in [1.29, 1.82) is 0 Å². The molecule has 2 rings (SSSR count). The number of nitrogens with two attached hydrogens (primary N) is 1. The van der Waals surface area contributed by atoms with Crippen molar-refractivity contribution in [1.82, 2.24) is 9.97 Å². The highest BCUT2D eigenvalue weighted by molar-refractivity contribution is 7.98. The summed E-state index contributed by atoms with van der Waals surface area (Å²) in [7, 11) is 1.64. The number of benzene rings is 1. The van der Waals surface area contributed by atoms with E-state index in [1.165, 1.54) is 0 Å². The lowest BCUT2D eigenvalue weighted by molar-refractivity contribution is 0.411. The predicted octanol–water partition coefficient (Wildman–Crippen LogP) is 2.36. The van der Waals surface area contributed by atoms with E-state index in [9.17, 15) is 0 Å². The number of rotatable bonds is 4. The van der Waals surface area contributed by atoms with Crippen molar-refractivity contribution >= 4 is 17.4 Å². The molecule has 1 heterocycles. The molecule has 0 radical (unpaired) electrons. The van der Waals surface area contributed by atoms with Crippen LogP contribution in [0.1, 0.15) is 5.56 Å². The maximum Gasteiger partial charge on any atom is 0.187 e. The summed E-state index contributed by atoms with van der Waals surface area (Å²) in [5.41, 5.74) is 7.48. The average Bonchev–Trinajstić information content (AvgIpc) is 2.38. The van der Waals surface area contributed by atoms with Gasteiger partial charge in [-0.15, -0.1) is 0 Å². The molecule has 0 aliphatic rings. The number of thioether (sulfide) groups is 1. The lowest BCUT2D eigenvalue weighted by atomic mass is 10.2. The molecular formula is C12H13N3OS. The number of nitrogens with zero attached hydrogens (tertiary/aromatic N) is 2. The summed E-state index contributed by atoms with van der Waals surface area (Å²) in [6.07, 6.45) is 3.46. The van der Waals surface area contributed by atoms with E-state index in [4.69, 9.17) is 10.5 Å². The van der Waals surface area contributed by atoms with Crippen molar-refractivity contribution in [2.45, 2.75) is 10.9 Å². The molecule has 88 valence electrons. The molecule has 1 aromatic carbocycles. The van der Waals surface area contributed by atoms with Crippen LogP contribution in [0.3, 0.4) is 0 Å². The lowest BCUT2D eigenvalue weighted by Crippen LogP contribution is -1.94. The number of hydrogen-bond acceptors (Lipinski definition) is 5. The van der Waals surface area contributed by atoms with Gasteiger partial charge in [0.2, 0.25) is 0 Å². The molecule has 17 heavy (non-hydrogen) atoms. The van der Waals surface area contributed by atoms with E-state index >= 15 is 0 Å². The molecule has 0 fully saturated rings. The smallest absolute Gasteiger partial charge is 0.187 e. The summed E-state index contributed by atoms with van der Waals surface area (Å²) in [6.45, 7) is 0. The highest BCUT2D eigenvalue weighted by atomic mass is 32.2. The van der Waals surface area contributed by atoms with Crippen LogP contribution in [-0.4, -0.2) is 17.1 Å². The Kier molecular flexibility index (Phi) is 3.82. The summed E-state index contributed by atoms with van der Waals surface area (Å²) >= 11 is 1.57. The molecule has 0 spiro atoms. The van der Waals surface area contributed by atoms with Gasteiger partial charge >= 0.3 is 0 Å². The second kappa shape index (κ2) is 5.54. The fourth-order valence-electron chi connectivity index (χ4n) is 1.38. The number of ether oxygens (including phenoxy) is 1. The van der Waals surface area contributed by atoms with Crippen LogP contribution in [0.15, 0.2) is 41.8 Å². The van der Waals surface area contributed by atoms with Crippen LogP contribution < -0.4 is 10.5 Å². The third-order valence-corrected chi connectivity index (χ3v) is 3.13. The van der Waals surface area contributed by atoms with E-state index < -0.39 is 0 Å². The van der Waals surface area contributed by atoms with Gasteiger partial charge in [0.1, 0.15) is 5.75 Å². The number of hydrogen-bond donors (Lipinski definition) is 1. The number of nitrogen functional groups attached to an aromatic ring is 1. The van der Waals surface area contributed by atoms with Crippen molar-refractivity contribution < 1.29 is 4.74 Å². The van der Waals surface area contributed by atoms with Gasteiger partial charge in [0.05, 0.1) is 7.11 Å². The molecule has 1 aromatic heterocycles. The monoisotopic (exact) mass is 247 g/mol. The van der Waals surface area contributed by atoms with Crippen LogP contribution in [0.5, 0.6) is 5.75 Å². The van der Waals surface area contributed by atoms with Gasteiger partial charge in [-0.3, -0.25) is 0 Å². The zero-order chi connectivity index (χ0) is 12.1. The van der Waals surface area contributed by atoms with Crippen LogP contribution >= 0.6 is 11.8 Å². The Morgan fingerprint density at radius 1 is 1.29 bits per heavy atom. The first-order chi connectivity index (χ1) is 8.29. The number of aromatic nitrogens is 2. The molecule has 0 bridgehead atoms. The molecule has 0 atom stereocenters. The minimum atomic E-state index is 0.701. The first kappa shape index (κ1) is 11.7. The standard InChI is InChI=1S/C12H13N3OS/c1-16-11-7-10(13)4-3-9(11)8-17-12-14-5-2-6-15-12/h2-7H,8,13H2,1H3. The Morgan fingerprint density at radius 2 is 2.06 bits per heavy atom. The van der Waals surface area contributed by atoms with Crippen LogP contribution in [0.2, 0.25) is 0 Å².